The number of aromatic nitrogens is 1. The van der Waals surface area contributed by atoms with Crippen molar-refractivity contribution in [3.63, 3.8) is 0 Å². The number of piperidine rings is 1. The molecule has 1 atom stereocenters. The molecule has 1 aliphatic rings. The van der Waals surface area contributed by atoms with Crippen molar-refractivity contribution in [1.29, 1.82) is 0 Å². The molecule has 25 heavy (non-hydrogen) atoms. The van der Waals surface area contributed by atoms with Gasteiger partial charge in [-0.05, 0) is 31.0 Å². The lowest BCUT2D eigenvalue weighted by Gasteiger charge is -2.32. The summed E-state index contributed by atoms with van der Waals surface area (Å²) in [5, 5.41) is 3.83. The number of halogens is 3. The minimum atomic E-state index is -4.42. The largest absolute Gasteiger partial charge is 0.416 e. The van der Waals surface area contributed by atoms with Crippen molar-refractivity contribution in [3.8, 4) is 0 Å². The number of anilines is 1. The molecule has 3 rings (SSSR count). The van der Waals surface area contributed by atoms with Crippen LogP contribution in [0, 0.1) is 0 Å². The van der Waals surface area contributed by atoms with E-state index < -0.39 is 21.8 Å². The first-order valence-electron chi connectivity index (χ1n) is 7.82. The van der Waals surface area contributed by atoms with E-state index in [-0.39, 0.29) is 11.6 Å². The van der Waals surface area contributed by atoms with Gasteiger partial charge in [0.05, 0.1) is 17.3 Å². The SMILES string of the molecule is CS(=O)(=O)N1CCCC(Nc2ccnc3cc(C(F)(F)F)ccc23)C1. The Kier molecular flexibility index (Phi) is 4.63. The van der Waals surface area contributed by atoms with Gasteiger partial charge in [-0.3, -0.25) is 4.98 Å². The Morgan fingerprint density at radius 3 is 2.72 bits per heavy atom. The molecule has 1 unspecified atom stereocenters. The second-order valence-electron chi connectivity index (χ2n) is 6.19. The van der Waals surface area contributed by atoms with E-state index in [1.807, 2.05) is 0 Å². The van der Waals surface area contributed by atoms with Gasteiger partial charge in [0.1, 0.15) is 0 Å². The Morgan fingerprint density at radius 1 is 1.28 bits per heavy atom. The monoisotopic (exact) mass is 373 g/mol. The minimum Gasteiger partial charge on any atom is -0.380 e. The maximum Gasteiger partial charge on any atom is 0.416 e. The van der Waals surface area contributed by atoms with Crippen molar-refractivity contribution >= 4 is 26.6 Å². The first kappa shape index (κ1) is 17.9. The second-order valence-corrected chi connectivity index (χ2v) is 8.18. The van der Waals surface area contributed by atoms with Crippen LogP contribution < -0.4 is 5.32 Å². The zero-order valence-electron chi connectivity index (χ0n) is 13.5. The molecule has 1 N–H and O–H groups in total. The average molecular weight is 373 g/mol. The number of hydrogen-bond acceptors (Lipinski definition) is 4. The standard InChI is InChI=1S/C16H18F3N3O2S/c1-25(23,24)22-8-2-3-12(10-22)21-14-6-7-20-15-9-11(16(17,18)19)4-5-13(14)15/h4-7,9,12H,2-3,8,10H2,1H3,(H,20,21). The van der Waals surface area contributed by atoms with E-state index in [1.54, 1.807) is 6.07 Å². The fourth-order valence-corrected chi connectivity index (χ4v) is 3.94. The minimum absolute atomic E-state index is 0.101. The molecule has 1 aliphatic heterocycles. The highest BCUT2D eigenvalue weighted by atomic mass is 32.2. The lowest BCUT2D eigenvalue weighted by molar-refractivity contribution is -0.137. The number of sulfonamides is 1. The summed E-state index contributed by atoms with van der Waals surface area (Å²) in [6, 6.07) is 5.03. The Bertz CT molecular complexity index is 884. The molecule has 1 aromatic heterocycles. The summed E-state index contributed by atoms with van der Waals surface area (Å²) in [7, 11) is -3.26. The maximum absolute atomic E-state index is 12.8. The molecule has 136 valence electrons. The van der Waals surface area contributed by atoms with Gasteiger partial charge >= 0.3 is 6.18 Å². The highest BCUT2D eigenvalue weighted by molar-refractivity contribution is 7.88. The molecule has 0 saturated carbocycles. The van der Waals surface area contributed by atoms with E-state index in [9.17, 15) is 21.6 Å². The molecular formula is C16H18F3N3O2S. The highest BCUT2D eigenvalue weighted by Gasteiger charge is 2.31. The summed E-state index contributed by atoms with van der Waals surface area (Å²) >= 11 is 0. The number of nitrogens with one attached hydrogen (secondary N) is 1. The third kappa shape index (κ3) is 4.04. The quantitative estimate of drug-likeness (QED) is 0.898. The van der Waals surface area contributed by atoms with Crippen LogP contribution in [0.25, 0.3) is 10.9 Å². The van der Waals surface area contributed by atoms with Crippen LogP contribution in [0.2, 0.25) is 0 Å². The molecule has 0 radical (unpaired) electrons. The molecule has 1 saturated heterocycles. The van der Waals surface area contributed by atoms with E-state index in [2.05, 4.69) is 10.3 Å². The summed E-state index contributed by atoms with van der Waals surface area (Å²) < 4.78 is 63.3. The van der Waals surface area contributed by atoms with Crippen molar-refractivity contribution in [2.75, 3.05) is 24.7 Å². The zero-order chi connectivity index (χ0) is 18.2. The topological polar surface area (TPSA) is 62.3 Å². The molecule has 0 bridgehead atoms. The van der Waals surface area contributed by atoms with E-state index >= 15 is 0 Å². The second kappa shape index (κ2) is 6.45. The van der Waals surface area contributed by atoms with Crippen LogP contribution in [0.5, 0.6) is 0 Å². The number of pyridine rings is 1. The molecule has 0 aliphatic carbocycles. The molecule has 1 aromatic carbocycles. The van der Waals surface area contributed by atoms with Crippen molar-refractivity contribution in [2.24, 2.45) is 0 Å². The molecular weight excluding hydrogens is 355 g/mol. The summed E-state index contributed by atoms with van der Waals surface area (Å²) in [5.74, 6) is 0. The van der Waals surface area contributed by atoms with Gasteiger partial charge in [-0.15, -0.1) is 0 Å². The third-order valence-electron chi connectivity index (χ3n) is 4.28. The highest BCUT2D eigenvalue weighted by Crippen LogP contribution is 2.33. The number of alkyl halides is 3. The van der Waals surface area contributed by atoms with Gasteiger partial charge in [-0.25, -0.2) is 12.7 Å². The van der Waals surface area contributed by atoms with E-state index in [1.165, 1.54) is 22.8 Å². The van der Waals surface area contributed by atoms with Gasteiger partial charge in [0.15, 0.2) is 0 Å². The van der Waals surface area contributed by atoms with Gasteiger partial charge < -0.3 is 5.32 Å². The molecule has 9 heteroatoms. The number of nitrogens with zero attached hydrogens (tertiary/aromatic N) is 2. The van der Waals surface area contributed by atoms with Gasteiger partial charge in [-0.2, -0.15) is 13.2 Å². The van der Waals surface area contributed by atoms with Crippen molar-refractivity contribution in [2.45, 2.75) is 25.1 Å². The maximum atomic E-state index is 12.8. The fraction of sp³-hybridized carbons (Fsp3) is 0.438. The summed E-state index contributed by atoms with van der Waals surface area (Å²) in [5.41, 5.74) is 0.153. The summed E-state index contributed by atoms with van der Waals surface area (Å²) in [6.07, 6.45) is -0.279. The normalized spacial score (nSPS) is 19.9. The molecule has 5 nitrogen and oxygen atoms in total. The number of rotatable bonds is 3. The van der Waals surface area contributed by atoms with Crippen molar-refractivity contribution in [1.82, 2.24) is 9.29 Å². The number of benzene rings is 1. The molecule has 0 amide bonds. The lowest BCUT2D eigenvalue weighted by atomic mass is 10.1. The predicted molar refractivity (Wildman–Crippen MR) is 89.8 cm³/mol. The van der Waals surface area contributed by atoms with Gasteiger partial charge in [0, 0.05) is 36.4 Å². The van der Waals surface area contributed by atoms with Crippen molar-refractivity contribution < 1.29 is 21.6 Å². The van der Waals surface area contributed by atoms with Crippen LogP contribution in [0.3, 0.4) is 0 Å². The van der Waals surface area contributed by atoms with Crippen LogP contribution in [0.1, 0.15) is 18.4 Å². The Balaban J connectivity index is 1.87. The van der Waals surface area contributed by atoms with E-state index in [0.29, 0.717) is 24.2 Å². The molecule has 2 heterocycles. The fourth-order valence-electron chi connectivity index (χ4n) is 3.03. The van der Waals surface area contributed by atoms with Crippen LogP contribution in [-0.2, 0) is 16.2 Å². The average Bonchev–Trinajstić information content (AvgIpc) is 2.53. The van der Waals surface area contributed by atoms with E-state index in [4.69, 9.17) is 0 Å². The van der Waals surface area contributed by atoms with Gasteiger partial charge in [-0.1, -0.05) is 6.07 Å². The lowest BCUT2D eigenvalue weighted by Crippen LogP contribution is -2.44. The Labute approximate surface area is 143 Å². The summed E-state index contributed by atoms with van der Waals surface area (Å²) in [4.78, 5) is 4.02. The van der Waals surface area contributed by atoms with Crippen LogP contribution in [-0.4, -0.2) is 43.1 Å². The molecule has 0 spiro atoms. The van der Waals surface area contributed by atoms with Crippen LogP contribution in [0.15, 0.2) is 30.5 Å². The zero-order valence-corrected chi connectivity index (χ0v) is 14.4. The molecule has 1 fully saturated rings. The first-order valence-corrected chi connectivity index (χ1v) is 9.67. The smallest absolute Gasteiger partial charge is 0.380 e. The van der Waals surface area contributed by atoms with Gasteiger partial charge in [0.2, 0.25) is 10.0 Å². The molecule has 2 aromatic rings. The first-order chi connectivity index (χ1) is 11.6. The summed E-state index contributed by atoms with van der Waals surface area (Å²) in [6.45, 7) is 0.826. The Morgan fingerprint density at radius 2 is 2.04 bits per heavy atom. The number of hydrogen-bond donors (Lipinski definition) is 1. The van der Waals surface area contributed by atoms with Gasteiger partial charge in [0.25, 0.3) is 0 Å². The number of fused-ring (bicyclic) bond motifs is 1. The van der Waals surface area contributed by atoms with Crippen LogP contribution in [0.4, 0.5) is 18.9 Å². The predicted octanol–water partition coefficient (Wildman–Crippen LogP) is 3.09. The van der Waals surface area contributed by atoms with E-state index in [0.717, 1.165) is 25.0 Å². The van der Waals surface area contributed by atoms with Crippen molar-refractivity contribution in [3.05, 3.63) is 36.0 Å². The Hall–Kier alpha value is -1.87. The van der Waals surface area contributed by atoms with Crippen LogP contribution >= 0.6 is 0 Å². The third-order valence-corrected chi connectivity index (χ3v) is 5.55.